The van der Waals surface area contributed by atoms with Crippen LogP contribution in [-0.4, -0.2) is 37.7 Å². The van der Waals surface area contributed by atoms with Gasteiger partial charge in [-0.2, -0.15) is 0 Å². The zero-order chi connectivity index (χ0) is 20.8. The van der Waals surface area contributed by atoms with Gasteiger partial charge >= 0.3 is 5.97 Å². The molecule has 1 heterocycles. The number of ether oxygens (including phenoxy) is 1. The highest BCUT2D eigenvalue weighted by Gasteiger charge is 2.20. The number of nitrogens with zero attached hydrogens (tertiary/aromatic N) is 2. The van der Waals surface area contributed by atoms with Crippen LogP contribution in [0.2, 0.25) is 0 Å². The normalized spacial score (nSPS) is 12.2. The lowest BCUT2D eigenvalue weighted by atomic mass is 10.1. The first-order valence-corrected chi connectivity index (χ1v) is 10.4. The number of benzene rings is 2. The van der Waals surface area contributed by atoms with E-state index in [1.165, 1.54) is 22.7 Å². The summed E-state index contributed by atoms with van der Waals surface area (Å²) < 4.78 is 7.28. The fourth-order valence-corrected chi connectivity index (χ4v) is 4.05. The smallest absolute Gasteiger partial charge is 0.316 e. The summed E-state index contributed by atoms with van der Waals surface area (Å²) >= 11 is 1.45. The Morgan fingerprint density at radius 1 is 1.17 bits per heavy atom. The third-order valence-corrected chi connectivity index (χ3v) is 5.63. The number of carboxylic acids is 1. The molecule has 3 aromatic rings. The molecule has 1 N–H and O–H groups in total. The van der Waals surface area contributed by atoms with Crippen molar-refractivity contribution >= 4 is 28.6 Å². The first-order chi connectivity index (χ1) is 13.9. The standard InChI is InChI=1S/C22H24N2O4S/c1-15(2)29-20(22(26)27)13-16-7-9-17(10-8-16)28-12-11-24-14-23-19-6-4-3-5-18(19)21(24)25/h3-10,14-15,20H,11-13H2,1-2H3,(H,26,27). The molecule has 0 bridgehead atoms. The van der Waals surface area contributed by atoms with Crippen LogP contribution in [0.4, 0.5) is 0 Å². The van der Waals surface area contributed by atoms with E-state index in [4.69, 9.17) is 4.74 Å². The molecule has 152 valence electrons. The van der Waals surface area contributed by atoms with Gasteiger partial charge in [-0.25, -0.2) is 4.98 Å². The van der Waals surface area contributed by atoms with Crippen molar-refractivity contribution in [3.63, 3.8) is 0 Å². The van der Waals surface area contributed by atoms with Crippen LogP contribution in [0.3, 0.4) is 0 Å². The Kier molecular flexibility index (Phi) is 6.93. The minimum absolute atomic E-state index is 0.0862. The Morgan fingerprint density at radius 3 is 2.59 bits per heavy atom. The number of hydrogen-bond acceptors (Lipinski definition) is 5. The second kappa shape index (κ2) is 9.60. The van der Waals surface area contributed by atoms with Gasteiger partial charge in [0.1, 0.15) is 17.6 Å². The molecule has 1 unspecified atom stereocenters. The van der Waals surface area contributed by atoms with Crippen molar-refractivity contribution in [2.24, 2.45) is 0 Å². The van der Waals surface area contributed by atoms with Crippen molar-refractivity contribution in [2.45, 2.75) is 37.3 Å². The Hall–Kier alpha value is -2.80. The monoisotopic (exact) mass is 412 g/mol. The predicted molar refractivity (Wildman–Crippen MR) is 116 cm³/mol. The molecule has 2 aromatic carbocycles. The summed E-state index contributed by atoms with van der Waals surface area (Å²) in [5.74, 6) is -0.114. The highest BCUT2D eigenvalue weighted by Crippen LogP contribution is 2.22. The van der Waals surface area contributed by atoms with E-state index in [-0.39, 0.29) is 10.8 Å². The van der Waals surface area contributed by atoms with Crippen LogP contribution in [0, 0.1) is 0 Å². The fraction of sp³-hybridized carbons (Fsp3) is 0.318. The SMILES string of the molecule is CC(C)SC(Cc1ccc(OCCn2cnc3ccccc3c2=O)cc1)C(=O)O. The number of thioether (sulfide) groups is 1. The minimum atomic E-state index is -0.793. The lowest BCUT2D eigenvalue weighted by Gasteiger charge is -2.15. The summed E-state index contributed by atoms with van der Waals surface area (Å²) in [5.41, 5.74) is 1.55. The molecule has 7 heteroatoms. The Balaban J connectivity index is 1.57. The van der Waals surface area contributed by atoms with Gasteiger partial charge in [0, 0.05) is 0 Å². The van der Waals surface area contributed by atoms with Gasteiger partial charge in [0.05, 0.1) is 23.8 Å². The number of hydrogen-bond donors (Lipinski definition) is 1. The van der Waals surface area contributed by atoms with Crippen LogP contribution in [0.15, 0.2) is 59.7 Å². The van der Waals surface area contributed by atoms with Crippen LogP contribution in [0.25, 0.3) is 10.9 Å². The molecule has 3 rings (SSSR count). The van der Waals surface area contributed by atoms with Gasteiger partial charge < -0.3 is 9.84 Å². The number of rotatable bonds is 9. The van der Waals surface area contributed by atoms with Gasteiger partial charge in [-0.15, -0.1) is 11.8 Å². The van der Waals surface area contributed by atoms with Crippen molar-refractivity contribution in [3.05, 3.63) is 70.8 Å². The van der Waals surface area contributed by atoms with Gasteiger partial charge in [0.25, 0.3) is 5.56 Å². The van der Waals surface area contributed by atoms with Crippen molar-refractivity contribution in [2.75, 3.05) is 6.61 Å². The second-order valence-corrected chi connectivity index (χ2v) is 8.75. The van der Waals surface area contributed by atoms with Crippen molar-refractivity contribution in [1.82, 2.24) is 9.55 Å². The molecule has 29 heavy (non-hydrogen) atoms. The molecule has 0 aliphatic rings. The van der Waals surface area contributed by atoms with Crippen LogP contribution in [0.5, 0.6) is 5.75 Å². The molecule has 6 nitrogen and oxygen atoms in total. The summed E-state index contributed by atoms with van der Waals surface area (Å²) in [7, 11) is 0. The van der Waals surface area contributed by atoms with Crippen molar-refractivity contribution < 1.29 is 14.6 Å². The third kappa shape index (κ3) is 5.60. The molecule has 1 aromatic heterocycles. The van der Waals surface area contributed by atoms with Crippen molar-refractivity contribution in [3.8, 4) is 5.75 Å². The van der Waals surface area contributed by atoms with Gasteiger partial charge in [0.2, 0.25) is 0 Å². The summed E-state index contributed by atoms with van der Waals surface area (Å²) in [5, 5.41) is 9.75. The second-order valence-electron chi connectivity index (χ2n) is 6.97. The molecule has 0 aliphatic heterocycles. The zero-order valence-electron chi connectivity index (χ0n) is 16.4. The van der Waals surface area contributed by atoms with Gasteiger partial charge in [0.15, 0.2) is 0 Å². The van der Waals surface area contributed by atoms with E-state index in [2.05, 4.69) is 4.98 Å². The number of aliphatic carboxylic acids is 1. The molecular weight excluding hydrogens is 388 g/mol. The largest absolute Gasteiger partial charge is 0.492 e. The number of carboxylic acid groups (broad SMARTS) is 1. The number of fused-ring (bicyclic) bond motifs is 1. The maximum absolute atomic E-state index is 12.5. The molecule has 1 atom stereocenters. The van der Waals surface area contributed by atoms with E-state index in [1.807, 2.05) is 56.3 Å². The van der Waals surface area contributed by atoms with Gasteiger partial charge in [-0.1, -0.05) is 38.1 Å². The van der Waals surface area contributed by atoms with Gasteiger partial charge in [-0.3, -0.25) is 14.2 Å². The van der Waals surface area contributed by atoms with Crippen molar-refractivity contribution in [1.29, 1.82) is 0 Å². The summed E-state index contributed by atoms with van der Waals surface area (Å²) in [4.78, 5) is 28.2. The first-order valence-electron chi connectivity index (χ1n) is 9.48. The van der Waals surface area contributed by atoms with E-state index in [0.29, 0.717) is 36.2 Å². The quantitative estimate of drug-likeness (QED) is 0.578. The molecule has 0 amide bonds. The van der Waals surface area contributed by atoms with Crippen LogP contribution in [0.1, 0.15) is 19.4 Å². The minimum Gasteiger partial charge on any atom is -0.492 e. The van der Waals surface area contributed by atoms with Crippen LogP contribution < -0.4 is 10.3 Å². The molecule has 0 saturated heterocycles. The lowest BCUT2D eigenvalue weighted by Crippen LogP contribution is -2.23. The number of aromatic nitrogens is 2. The van der Waals surface area contributed by atoms with Crippen LogP contribution in [-0.2, 0) is 17.8 Å². The summed E-state index contributed by atoms with van der Waals surface area (Å²) in [6.45, 7) is 4.71. The van der Waals surface area contributed by atoms with E-state index < -0.39 is 11.2 Å². The topological polar surface area (TPSA) is 81.4 Å². The average Bonchev–Trinajstić information content (AvgIpc) is 2.70. The molecule has 0 saturated carbocycles. The highest BCUT2D eigenvalue weighted by atomic mass is 32.2. The lowest BCUT2D eigenvalue weighted by molar-refractivity contribution is -0.136. The molecule has 0 spiro atoms. The molecule has 0 radical (unpaired) electrons. The highest BCUT2D eigenvalue weighted by molar-refractivity contribution is 8.01. The Morgan fingerprint density at radius 2 is 1.90 bits per heavy atom. The van der Waals surface area contributed by atoms with E-state index >= 15 is 0 Å². The predicted octanol–water partition coefficient (Wildman–Crippen LogP) is 3.61. The number of carbonyl (C=O) groups is 1. The molecular formula is C22H24N2O4S. The zero-order valence-corrected chi connectivity index (χ0v) is 17.3. The van der Waals surface area contributed by atoms with Crippen LogP contribution >= 0.6 is 11.8 Å². The summed E-state index contributed by atoms with van der Waals surface area (Å²) in [6.07, 6.45) is 2.01. The molecule has 0 fully saturated rings. The average molecular weight is 413 g/mol. The van der Waals surface area contributed by atoms with E-state index in [9.17, 15) is 14.7 Å². The fourth-order valence-electron chi connectivity index (χ4n) is 2.99. The van der Waals surface area contributed by atoms with Gasteiger partial charge in [-0.05, 0) is 41.5 Å². The summed E-state index contributed by atoms with van der Waals surface area (Å²) in [6, 6.07) is 14.7. The van der Waals surface area contributed by atoms with E-state index in [1.54, 1.807) is 6.07 Å². The maximum Gasteiger partial charge on any atom is 0.316 e. The molecule has 0 aliphatic carbocycles. The Labute approximate surface area is 173 Å². The first kappa shape index (κ1) is 20.9. The maximum atomic E-state index is 12.5. The van der Waals surface area contributed by atoms with E-state index in [0.717, 1.165) is 5.56 Å². The number of para-hydroxylation sites is 1. The Bertz CT molecular complexity index is 1030. The third-order valence-electron chi connectivity index (χ3n) is 4.39.